The second-order valence-corrected chi connectivity index (χ2v) is 5.25. The summed E-state index contributed by atoms with van der Waals surface area (Å²) in [6, 6.07) is 11.5. The highest BCUT2D eigenvalue weighted by Gasteiger charge is 2.36. The highest BCUT2D eigenvalue weighted by atomic mass is 16.5. The highest BCUT2D eigenvalue weighted by molar-refractivity contribution is 6.39. The largest absolute Gasteiger partial charge is 0.508 e. The minimum Gasteiger partial charge on any atom is -0.508 e. The molecule has 4 amide bonds. The predicted molar refractivity (Wildman–Crippen MR) is 90.1 cm³/mol. The maximum absolute atomic E-state index is 12.7. The van der Waals surface area contributed by atoms with E-state index >= 15 is 0 Å². The van der Waals surface area contributed by atoms with Gasteiger partial charge in [0, 0.05) is 0 Å². The van der Waals surface area contributed by atoms with E-state index in [0.717, 1.165) is 4.90 Å². The van der Waals surface area contributed by atoms with Crippen molar-refractivity contribution in [1.82, 2.24) is 5.32 Å². The lowest BCUT2D eigenvalue weighted by Crippen LogP contribution is -2.54. The summed E-state index contributed by atoms with van der Waals surface area (Å²) < 4.78 is 5.11. The number of hydrogen-bond acceptors (Lipinski definition) is 5. The predicted octanol–water partition coefficient (Wildman–Crippen LogP) is 2.07. The summed E-state index contributed by atoms with van der Waals surface area (Å²) >= 11 is 0. The molecular formula is C18H14N2O5. The molecule has 1 fully saturated rings. The van der Waals surface area contributed by atoms with Crippen LogP contribution in [0.1, 0.15) is 5.56 Å². The van der Waals surface area contributed by atoms with Crippen LogP contribution in [-0.4, -0.2) is 30.1 Å². The number of anilines is 1. The number of amides is 4. The number of barbiturate groups is 1. The number of methoxy groups -OCH3 is 1. The number of nitrogens with zero attached hydrogens (tertiary/aromatic N) is 1. The Hall–Kier alpha value is -3.61. The van der Waals surface area contributed by atoms with E-state index in [-0.39, 0.29) is 17.0 Å². The molecule has 7 heteroatoms. The van der Waals surface area contributed by atoms with Crippen molar-refractivity contribution in [3.8, 4) is 11.5 Å². The number of carbonyl (C=O) groups excluding carboxylic acids is 3. The first kappa shape index (κ1) is 16.3. The van der Waals surface area contributed by atoms with E-state index < -0.39 is 17.8 Å². The van der Waals surface area contributed by atoms with E-state index in [1.165, 1.54) is 37.5 Å². The van der Waals surface area contributed by atoms with Crippen LogP contribution in [-0.2, 0) is 9.59 Å². The topological polar surface area (TPSA) is 95.9 Å². The van der Waals surface area contributed by atoms with Gasteiger partial charge < -0.3 is 9.84 Å². The smallest absolute Gasteiger partial charge is 0.335 e. The van der Waals surface area contributed by atoms with Crippen LogP contribution in [0.25, 0.3) is 6.08 Å². The number of urea groups is 1. The van der Waals surface area contributed by atoms with Crippen molar-refractivity contribution >= 4 is 29.6 Å². The third kappa shape index (κ3) is 3.20. The van der Waals surface area contributed by atoms with E-state index in [1.54, 1.807) is 24.3 Å². The van der Waals surface area contributed by atoms with Gasteiger partial charge in [-0.15, -0.1) is 0 Å². The Balaban J connectivity index is 2.00. The van der Waals surface area contributed by atoms with Crippen molar-refractivity contribution in [1.29, 1.82) is 0 Å². The zero-order valence-corrected chi connectivity index (χ0v) is 13.2. The highest BCUT2D eigenvalue weighted by Crippen LogP contribution is 2.24. The second kappa shape index (κ2) is 6.48. The number of hydrogen-bond donors (Lipinski definition) is 2. The van der Waals surface area contributed by atoms with Crippen molar-refractivity contribution in [2.75, 3.05) is 12.0 Å². The molecule has 2 aromatic carbocycles. The SMILES string of the molecule is COc1cccc(/C=C2/C(=O)NC(=O)N(c3ccc(O)cc3)C2=O)c1. The van der Waals surface area contributed by atoms with Crippen molar-refractivity contribution in [3.63, 3.8) is 0 Å². The zero-order valence-electron chi connectivity index (χ0n) is 13.2. The molecule has 0 aliphatic carbocycles. The summed E-state index contributed by atoms with van der Waals surface area (Å²) in [4.78, 5) is 37.7. The maximum atomic E-state index is 12.7. The summed E-state index contributed by atoms with van der Waals surface area (Å²) in [6.07, 6.45) is 1.39. The molecule has 7 nitrogen and oxygen atoms in total. The van der Waals surface area contributed by atoms with Crippen LogP contribution >= 0.6 is 0 Å². The van der Waals surface area contributed by atoms with Gasteiger partial charge in [0.15, 0.2) is 0 Å². The number of aromatic hydroxyl groups is 1. The van der Waals surface area contributed by atoms with Crippen LogP contribution in [0.2, 0.25) is 0 Å². The molecule has 126 valence electrons. The third-order valence-electron chi connectivity index (χ3n) is 3.61. The van der Waals surface area contributed by atoms with Gasteiger partial charge >= 0.3 is 6.03 Å². The van der Waals surface area contributed by atoms with Gasteiger partial charge in [-0.2, -0.15) is 0 Å². The van der Waals surface area contributed by atoms with Crippen molar-refractivity contribution in [2.45, 2.75) is 0 Å². The van der Waals surface area contributed by atoms with Gasteiger partial charge in [0.05, 0.1) is 12.8 Å². The summed E-state index contributed by atoms with van der Waals surface area (Å²) in [5.41, 5.74) is 0.642. The second-order valence-electron chi connectivity index (χ2n) is 5.25. The number of carbonyl (C=O) groups is 3. The van der Waals surface area contributed by atoms with Crippen molar-refractivity contribution < 1.29 is 24.2 Å². The standard InChI is InChI=1S/C18H14N2O5/c1-25-14-4-2-3-11(9-14)10-15-16(22)19-18(24)20(17(15)23)12-5-7-13(21)8-6-12/h2-10,21H,1H3,(H,19,22,24)/b15-10-. The van der Waals surface area contributed by atoms with Gasteiger partial charge in [-0.05, 0) is 48.0 Å². The van der Waals surface area contributed by atoms with Gasteiger partial charge in [0.25, 0.3) is 11.8 Å². The lowest BCUT2D eigenvalue weighted by Gasteiger charge is -2.26. The molecule has 2 aromatic rings. The Kier molecular flexibility index (Phi) is 4.21. The van der Waals surface area contributed by atoms with E-state index in [0.29, 0.717) is 11.3 Å². The molecule has 1 aliphatic heterocycles. The van der Waals surface area contributed by atoms with Gasteiger partial charge in [-0.25, -0.2) is 9.69 Å². The van der Waals surface area contributed by atoms with Gasteiger partial charge in [-0.3, -0.25) is 14.9 Å². The maximum Gasteiger partial charge on any atom is 0.335 e. The number of nitrogens with one attached hydrogen (secondary N) is 1. The van der Waals surface area contributed by atoms with Crippen LogP contribution in [0.15, 0.2) is 54.1 Å². The van der Waals surface area contributed by atoms with Gasteiger partial charge in [0.2, 0.25) is 0 Å². The number of imide groups is 2. The summed E-state index contributed by atoms with van der Waals surface area (Å²) in [7, 11) is 1.51. The fraction of sp³-hybridized carbons (Fsp3) is 0.0556. The molecule has 1 saturated heterocycles. The third-order valence-corrected chi connectivity index (χ3v) is 3.61. The van der Waals surface area contributed by atoms with Crippen molar-refractivity contribution in [3.05, 3.63) is 59.7 Å². The normalized spacial score (nSPS) is 16.1. The van der Waals surface area contributed by atoms with Crippen LogP contribution < -0.4 is 15.0 Å². The monoisotopic (exact) mass is 338 g/mol. The molecule has 25 heavy (non-hydrogen) atoms. The Morgan fingerprint density at radius 3 is 2.48 bits per heavy atom. The number of phenolic OH excluding ortho intramolecular Hbond substituents is 1. The molecule has 0 radical (unpaired) electrons. The lowest BCUT2D eigenvalue weighted by atomic mass is 10.1. The molecule has 0 saturated carbocycles. The van der Waals surface area contributed by atoms with E-state index in [2.05, 4.69) is 5.32 Å². The minimum atomic E-state index is -0.844. The molecule has 0 atom stereocenters. The molecule has 1 heterocycles. The molecular weight excluding hydrogens is 324 g/mol. The molecule has 0 bridgehead atoms. The van der Waals surface area contributed by atoms with Crippen LogP contribution in [0, 0.1) is 0 Å². The van der Waals surface area contributed by atoms with Crippen molar-refractivity contribution in [2.24, 2.45) is 0 Å². The summed E-state index contributed by atoms with van der Waals surface area (Å²) in [5.74, 6) is -0.948. The Morgan fingerprint density at radius 1 is 1.08 bits per heavy atom. The van der Waals surface area contributed by atoms with E-state index in [9.17, 15) is 19.5 Å². The summed E-state index contributed by atoms with van der Waals surface area (Å²) in [5, 5.41) is 11.5. The average Bonchev–Trinajstić information content (AvgIpc) is 2.60. The van der Waals surface area contributed by atoms with Crippen LogP contribution in [0.5, 0.6) is 11.5 Å². The number of ether oxygens (including phenoxy) is 1. The Bertz CT molecular complexity index is 887. The Morgan fingerprint density at radius 2 is 1.80 bits per heavy atom. The van der Waals surface area contributed by atoms with Crippen LogP contribution in [0.3, 0.4) is 0 Å². The number of phenols is 1. The zero-order chi connectivity index (χ0) is 18.0. The molecule has 0 unspecified atom stereocenters. The summed E-state index contributed by atoms with van der Waals surface area (Å²) in [6.45, 7) is 0. The number of rotatable bonds is 3. The molecule has 0 aromatic heterocycles. The van der Waals surface area contributed by atoms with Gasteiger partial charge in [-0.1, -0.05) is 12.1 Å². The average molecular weight is 338 g/mol. The first-order valence-electron chi connectivity index (χ1n) is 7.34. The fourth-order valence-electron chi connectivity index (χ4n) is 2.39. The molecule has 3 rings (SSSR count). The molecule has 2 N–H and O–H groups in total. The number of benzene rings is 2. The lowest BCUT2D eigenvalue weighted by molar-refractivity contribution is -0.122. The first-order valence-corrected chi connectivity index (χ1v) is 7.34. The van der Waals surface area contributed by atoms with E-state index in [1.807, 2.05) is 0 Å². The van der Waals surface area contributed by atoms with Crippen LogP contribution in [0.4, 0.5) is 10.5 Å². The van der Waals surface area contributed by atoms with Gasteiger partial charge in [0.1, 0.15) is 17.1 Å². The minimum absolute atomic E-state index is 0.00293. The quantitative estimate of drug-likeness (QED) is 0.660. The Labute approximate surface area is 143 Å². The first-order chi connectivity index (χ1) is 12.0. The molecule has 0 spiro atoms. The fourth-order valence-corrected chi connectivity index (χ4v) is 2.39. The van der Waals surface area contributed by atoms with E-state index in [4.69, 9.17) is 4.74 Å². The molecule has 1 aliphatic rings.